The summed E-state index contributed by atoms with van der Waals surface area (Å²) in [6.45, 7) is 1.40. The first-order chi connectivity index (χ1) is 13.4. The van der Waals surface area contributed by atoms with Crippen LogP contribution in [0, 0.1) is 10.1 Å². The summed E-state index contributed by atoms with van der Waals surface area (Å²) < 4.78 is 45.0. The zero-order valence-electron chi connectivity index (χ0n) is 15.7. The molecule has 0 heterocycles. The number of esters is 1. The third-order valence-electron chi connectivity index (χ3n) is 4.17. The van der Waals surface area contributed by atoms with Crippen molar-refractivity contribution in [3.8, 4) is 0 Å². The molecule has 0 saturated heterocycles. The van der Waals surface area contributed by atoms with Crippen LogP contribution in [0.1, 0.15) is 28.4 Å². The van der Waals surface area contributed by atoms with Crippen LogP contribution < -0.4 is 0 Å². The number of benzene rings is 2. The summed E-state index contributed by atoms with van der Waals surface area (Å²) in [5.74, 6) is -0.885. The standard InChI is InChI=1S/C19H17F3N2O4S/c1-18(17(29)23(2)3,13-5-4-6-14(11-13)19(20,21)22)28-16(25)12-7-9-15(10-8-12)24(26)27/h4-11H,1-3H3. The lowest BCUT2D eigenvalue weighted by molar-refractivity contribution is -0.384. The third-order valence-corrected chi connectivity index (χ3v) is 4.92. The zero-order chi connectivity index (χ0) is 22.0. The van der Waals surface area contributed by atoms with Gasteiger partial charge in [0.25, 0.3) is 5.69 Å². The molecule has 0 aliphatic carbocycles. The van der Waals surface area contributed by atoms with E-state index < -0.39 is 28.2 Å². The van der Waals surface area contributed by atoms with Gasteiger partial charge < -0.3 is 9.64 Å². The fraction of sp³-hybridized carbons (Fsp3) is 0.263. The van der Waals surface area contributed by atoms with Gasteiger partial charge in [-0.2, -0.15) is 13.2 Å². The van der Waals surface area contributed by atoms with Gasteiger partial charge in [0.05, 0.1) is 16.1 Å². The number of nitrogens with zero attached hydrogens (tertiary/aromatic N) is 2. The van der Waals surface area contributed by atoms with Crippen LogP contribution in [0.4, 0.5) is 18.9 Å². The van der Waals surface area contributed by atoms with Gasteiger partial charge in [-0.3, -0.25) is 10.1 Å². The van der Waals surface area contributed by atoms with Crippen molar-refractivity contribution in [2.24, 2.45) is 0 Å². The molecule has 0 fully saturated rings. The summed E-state index contributed by atoms with van der Waals surface area (Å²) in [4.78, 5) is 24.3. The van der Waals surface area contributed by atoms with Crippen LogP contribution in [0.5, 0.6) is 0 Å². The molecule has 2 aromatic rings. The number of ether oxygens (including phenoxy) is 1. The topological polar surface area (TPSA) is 72.7 Å². The fourth-order valence-electron chi connectivity index (χ4n) is 2.61. The predicted octanol–water partition coefficient (Wildman–Crippen LogP) is 4.57. The molecular formula is C19H17F3N2O4S. The Hall–Kier alpha value is -3.01. The number of alkyl halides is 3. The Labute approximate surface area is 170 Å². The summed E-state index contributed by atoms with van der Waals surface area (Å²) in [5, 5.41) is 10.7. The van der Waals surface area contributed by atoms with Gasteiger partial charge >= 0.3 is 12.1 Å². The third kappa shape index (κ3) is 4.89. The van der Waals surface area contributed by atoms with Gasteiger partial charge in [-0.15, -0.1) is 0 Å². The minimum absolute atomic E-state index is 0.00430. The van der Waals surface area contributed by atoms with Crippen LogP contribution in [-0.4, -0.2) is 34.9 Å². The van der Waals surface area contributed by atoms with Crippen molar-refractivity contribution < 1.29 is 27.6 Å². The van der Waals surface area contributed by atoms with Gasteiger partial charge in [-0.25, -0.2) is 4.79 Å². The summed E-state index contributed by atoms with van der Waals surface area (Å²) in [6, 6.07) is 9.02. The van der Waals surface area contributed by atoms with E-state index in [1.165, 1.54) is 36.1 Å². The molecule has 10 heteroatoms. The van der Waals surface area contributed by atoms with Gasteiger partial charge in [0.15, 0.2) is 5.60 Å². The number of rotatable bonds is 5. The smallest absolute Gasteiger partial charge is 0.416 e. The number of carbonyl (C=O) groups excluding carboxylic acids is 1. The van der Waals surface area contributed by atoms with Crippen LogP contribution in [0.3, 0.4) is 0 Å². The van der Waals surface area contributed by atoms with Crippen molar-refractivity contribution >= 4 is 28.9 Å². The Kier molecular flexibility index (Phi) is 6.27. The van der Waals surface area contributed by atoms with E-state index >= 15 is 0 Å². The molecule has 0 N–H and O–H groups in total. The largest absolute Gasteiger partial charge is 0.443 e. The Morgan fingerprint density at radius 3 is 2.14 bits per heavy atom. The lowest BCUT2D eigenvalue weighted by atomic mass is 9.93. The molecule has 0 aliphatic heterocycles. The number of nitro groups is 1. The molecule has 2 aromatic carbocycles. The lowest BCUT2D eigenvalue weighted by Gasteiger charge is -2.34. The molecule has 29 heavy (non-hydrogen) atoms. The molecule has 1 atom stereocenters. The Bertz CT molecular complexity index is 945. The molecule has 0 amide bonds. The average molecular weight is 426 g/mol. The van der Waals surface area contributed by atoms with Crippen molar-refractivity contribution in [2.75, 3.05) is 14.1 Å². The first-order valence-electron chi connectivity index (χ1n) is 8.23. The van der Waals surface area contributed by atoms with E-state index in [4.69, 9.17) is 17.0 Å². The fourth-order valence-corrected chi connectivity index (χ4v) is 2.77. The van der Waals surface area contributed by atoms with E-state index in [2.05, 4.69) is 0 Å². The molecule has 0 radical (unpaired) electrons. The van der Waals surface area contributed by atoms with Gasteiger partial charge in [0.1, 0.15) is 4.99 Å². The molecular weight excluding hydrogens is 409 g/mol. The number of non-ortho nitro benzene ring substituents is 1. The highest BCUT2D eigenvalue weighted by Crippen LogP contribution is 2.35. The molecule has 0 aromatic heterocycles. The first kappa shape index (κ1) is 22.3. The quantitative estimate of drug-likeness (QED) is 0.302. The summed E-state index contributed by atoms with van der Waals surface area (Å²) >= 11 is 5.33. The Morgan fingerprint density at radius 2 is 1.66 bits per heavy atom. The highest BCUT2D eigenvalue weighted by Gasteiger charge is 2.40. The SMILES string of the molecule is CN(C)C(=S)C(C)(OC(=O)c1ccc([N+](=O)[O-])cc1)c1cccc(C(F)(F)F)c1. The van der Waals surface area contributed by atoms with Crippen LogP contribution in [0.25, 0.3) is 0 Å². The number of carbonyl (C=O) groups is 1. The van der Waals surface area contributed by atoms with E-state index in [0.717, 1.165) is 24.3 Å². The van der Waals surface area contributed by atoms with Crippen LogP contribution >= 0.6 is 12.2 Å². The van der Waals surface area contributed by atoms with E-state index in [1.54, 1.807) is 14.1 Å². The van der Waals surface area contributed by atoms with Crippen molar-refractivity contribution in [1.29, 1.82) is 0 Å². The predicted molar refractivity (Wildman–Crippen MR) is 104 cm³/mol. The maximum atomic E-state index is 13.1. The maximum absolute atomic E-state index is 13.1. The van der Waals surface area contributed by atoms with Gasteiger partial charge in [0.2, 0.25) is 0 Å². The monoisotopic (exact) mass is 426 g/mol. The molecule has 6 nitrogen and oxygen atoms in total. The molecule has 0 saturated carbocycles. The van der Waals surface area contributed by atoms with Gasteiger partial charge in [-0.05, 0) is 31.2 Å². The molecule has 0 spiro atoms. The minimum Gasteiger partial charge on any atom is -0.443 e. The molecule has 1 unspecified atom stereocenters. The second kappa shape index (κ2) is 8.16. The number of hydrogen-bond donors (Lipinski definition) is 0. The lowest BCUT2D eigenvalue weighted by Crippen LogP contribution is -2.44. The summed E-state index contributed by atoms with van der Waals surface area (Å²) in [5.41, 5.74) is -2.77. The summed E-state index contributed by atoms with van der Waals surface area (Å²) in [7, 11) is 3.15. The second-order valence-electron chi connectivity index (χ2n) is 6.50. The van der Waals surface area contributed by atoms with E-state index in [0.29, 0.717) is 0 Å². The van der Waals surface area contributed by atoms with E-state index in [1.807, 2.05) is 0 Å². The maximum Gasteiger partial charge on any atom is 0.416 e. The highest BCUT2D eigenvalue weighted by molar-refractivity contribution is 7.80. The zero-order valence-corrected chi connectivity index (χ0v) is 16.5. The first-order valence-corrected chi connectivity index (χ1v) is 8.64. The Balaban J connectivity index is 2.46. The van der Waals surface area contributed by atoms with Crippen molar-refractivity contribution in [3.63, 3.8) is 0 Å². The number of hydrogen-bond acceptors (Lipinski definition) is 5. The molecule has 2 rings (SSSR count). The van der Waals surface area contributed by atoms with E-state index in [9.17, 15) is 28.1 Å². The average Bonchev–Trinajstić information content (AvgIpc) is 2.66. The van der Waals surface area contributed by atoms with Gasteiger partial charge in [0, 0.05) is 31.8 Å². The number of likely N-dealkylation sites (N-methyl/N-ethyl adjacent to an activating group) is 1. The van der Waals surface area contributed by atoms with Crippen molar-refractivity contribution in [2.45, 2.75) is 18.7 Å². The normalized spacial score (nSPS) is 13.3. The second-order valence-corrected chi connectivity index (χ2v) is 6.89. The van der Waals surface area contributed by atoms with E-state index in [-0.39, 0.29) is 21.8 Å². The minimum atomic E-state index is -4.58. The number of thiocarbonyl (C=S) groups is 1. The van der Waals surface area contributed by atoms with Crippen LogP contribution in [0.2, 0.25) is 0 Å². The van der Waals surface area contributed by atoms with Crippen LogP contribution in [-0.2, 0) is 16.5 Å². The van der Waals surface area contributed by atoms with Crippen molar-refractivity contribution in [1.82, 2.24) is 4.90 Å². The van der Waals surface area contributed by atoms with Crippen molar-refractivity contribution in [3.05, 3.63) is 75.3 Å². The molecule has 0 bridgehead atoms. The van der Waals surface area contributed by atoms with Crippen LogP contribution in [0.15, 0.2) is 48.5 Å². The van der Waals surface area contributed by atoms with Gasteiger partial charge in [-0.1, -0.05) is 24.4 Å². The Morgan fingerprint density at radius 1 is 1.10 bits per heavy atom. The molecule has 0 aliphatic rings. The number of nitro benzene ring substituents is 1. The number of halogens is 3. The highest BCUT2D eigenvalue weighted by atomic mass is 32.1. The molecule has 154 valence electrons. The summed E-state index contributed by atoms with van der Waals surface area (Å²) in [6.07, 6.45) is -4.58.